The van der Waals surface area contributed by atoms with Crippen LogP contribution >= 0.6 is 22.6 Å². The van der Waals surface area contributed by atoms with Crippen LogP contribution in [-0.2, 0) is 11.2 Å². The number of amides is 1. The van der Waals surface area contributed by atoms with Gasteiger partial charge in [0.15, 0.2) is 0 Å². The first-order chi connectivity index (χ1) is 10.0. The summed E-state index contributed by atoms with van der Waals surface area (Å²) in [6.07, 6.45) is 1.47. The van der Waals surface area contributed by atoms with E-state index in [0.29, 0.717) is 12.3 Å². The van der Waals surface area contributed by atoms with Crippen molar-refractivity contribution in [1.82, 2.24) is 0 Å². The summed E-state index contributed by atoms with van der Waals surface area (Å²) in [4.78, 5) is 12.1. The van der Waals surface area contributed by atoms with Crippen LogP contribution in [0.25, 0.3) is 0 Å². The lowest BCUT2D eigenvalue weighted by molar-refractivity contribution is -0.116. The van der Waals surface area contributed by atoms with E-state index in [1.165, 1.54) is 14.7 Å². The van der Waals surface area contributed by atoms with Gasteiger partial charge in [-0.25, -0.2) is 0 Å². The minimum Gasteiger partial charge on any atom is -0.326 e. The number of carbonyl (C=O) groups is 1. The zero-order valence-corrected chi connectivity index (χ0v) is 14.6. The number of hydrogen-bond acceptors (Lipinski definition) is 1. The third-order valence-electron chi connectivity index (χ3n) is 3.33. The van der Waals surface area contributed by atoms with Crippen molar-refractivity contribution >= 4 is 34.2 Å². The Morgan fingerprint density at radius 1 is 1.19 bits per heavy atom. The Morgan fingerprint density at radius 3 is 2.57 bits per heavy atom. The third-order valence-corrected chi connectivity index (χ3v) is 4.05. The Balaban J connectivity index is 1.86. The van der Waals surface area contributed by atoms with E-state index in [4.69, 9.17) is 0 Å². The van der Waals surface area contributed by atoms with Crippen molar-refractivity contribution in [2.75, 3.05) is 5.32 Å². The molecule has 0 fully saturated rings. The summed E-state index contributed by atoms with van der Waals surface area (Å²) >= 11 is 2.25. The summed E-state index contributed by atoms with van der Waals surface area (Å²) in [5, 5.41) is 2.95. The van der Waals surface area contributed by atoms with Gasteiger partial charge in [-0.05, 0) is 71.7 Å². The van der Waals surface area contributed by atoms with Crippen LogP contribution < -0.4 is 5.32 Å². The van der Waals surface area contributed by atoms with Crippen LogP contribution in [0.1, 0.15) is 24.5 Å². The predicted octanol–water partition coefficient (Wildman–Crippen LogP) is 4.81. The van der Waals surface area contributed by atoms with Crippen molar-refractivity contribution in [3.05, 3.63) is 63.2 Å². The summed E-state index contributed by atoms with van der Waals surface area (Å²) in [5.74, 6) is 0.409. The smallest absolute Gasteiger partial charge is 0.224 e. The predicted molar refractivity (Wildman–Crippen MR) is 96.5 cm³/mol. The molecule has 2 aromatic carbocycles. The quantitative estimate of drug-likeness (QED) is 0.726. The van der Waals surface area contributed by atoms with Gasteiger partial charge in [-0.15, -0.1) is 0 Å². The van der Waals surface area contributed by atoms with Gasteiger partial charge in [0.2, 0.25) is 5.91 Å². The minimum absolute atomic E-state index is 0.0800. The van der Waals surface area contributed by atoms with Gasteiger partial charge in [0, 0.05) is 15.7 Å². The number of rotatable bonds is 5. The first-order valence-electron chi connectivity index (χ1n) is 7.14. The van der Waals surface area contributed by atoms with Crippen LogP contribution in [0.5, 0.6) is 0 Å². The van der Waals surface area contributed by atoms with Crippen molar-refractivity contribution in [1.29, 1.82) is 0 Å². The Morgan fingerprint density at radius 2 is 1.90 bits per heavy atom. The maximum absolute atomic E-state index is 12.1. The van der Waals surface area contributed by atoms with E-state index >= 15 is 0 Å². The number of anilines is 1. The fourth-order valence-corrected chi connectivity index (χ4v) is 2.73. The molecule has 0 bridgehead atoms. The SMILES string of the molecule is Cc1cccc(CC(C)CC(=O)Nc2ccc(I)cc2)c1. The molecule has 0 aliphatic heterocycles. The molecule has 0 saturated carbocycles. The Kier molecular flexibility index (Phi) is 5.79. The summed E-state index contributed by atoms with van der Waals surface area (Å²) in [5.41, 5.74) is 3.43. The highest BCUT2D eigenvalue weighted by atomic mass is 127. The monoisotopic (exact) mass is 393 g/mol. The highest BCUT2D eigenvalue weighted by Gasteiger charge is 2.10. The van der Waals surface area contributed by atoms with Gasteiger partial charge >= 0.3 is 0 Å². The van der Waals surface area contributed by atoms with Gasteiger partial charge in [0.25, 0.3) is 0 Å². The topological polar surface area (TPSA) is 29.1 Å². The maximum Gasteiger partial charge on any atom is 0.224 e. The van der Waals surface area contributed by atoms with E-state index in [1.807, 2.05) is 24.3 Å². The molecule has 2 aromatic rings. The molecule has 0 radical (unpaired) electrons. The molecule has 1 N–H and O–H groups in total. The molecule has 0 saturated heterocycles. The molecule has 0 spiro atoms. The van der Waals surface area contributed by atoms with Crippen molar-refractivity contribution in [2.45, 2.75) is 26.7 Å². The third kappa shape index (κ3) is 5.50. The number of aryl methyl sites for hydroxylation is 1. The largest absolute Gasteiger partial charge is 0.326 e. The molecule has 21 heavy (non-hydrogen) atoms. The van der Waals surface area contributed by atoms with Crippen LogP contribution in [0, 0.1) is 16.4 Å². The first kappa shape index (κ1) is 16.0. The Labute approximate surface area is 140 Å². The molecule has 3 heteroatoms. The number of halogens is 1. The number of carbonyl (C=O) groups excluding carboxylic acids is 1. The molecule has 110 valence electrons. The average molecular weight is 393 g/mol. The lowest BCUT2D eigenvalue weighted by Crippen LogP contribution is -2.16. The number of benzene rings is 2. The molecule has 0 aromatic heterocycles. The van der Waals surface area contributed by atoms with E-state index < -0.39 is 0 Å². The van der Waals surface area contributed by atoms with Gasteiger partial charge in [-0.3, -0.25) is 4.79 Å². The lowest BCUT2D eigenvalue weighted by atomic mass is 9.97. The first-order valence-corrected chi connectivity index (χ1v) is 8.22. The summed E-state index contributed by atoms with van der Waals surface area (Å²) in [7, 11) is 0. The van der Waals surface area contributed by atoms with Crippen molar-refractivity contribution in [3.8, 4) is 0 Å². The zero-order valence-electron chi connectivity index (χ0n) is 12.4. The fourth-order valence-electron chi connectivity index (χ4n) is 2.38. The van der Waals surface area contributed by atoms with Crippen LogP contribution in [0.4, 0.5) is 5.69 Å². The summed E-state index contributed by atoms with van der Waals surface area (Å²) in [6, 6.07) is 16.3. The van der Waals surface area contributed by atoms with Gasteiger partial charge in [0.1, 0.15) is 0 Å². The zero-order chi connectivity index (χ0) is 15.2. The van der Waals surface area contributed by atoms with E-state index in [1.54, 1.807) is 0 Å². The lowest BCUT2D eigenvalue weighted by Gasteiger charge is -2.12. The molecule has 1 unspecified atom stereocenters. The molecule has 0 heterocycles. The fraction of sp³-hybridized carbons (Fsp3) is 0.278. The molecule has 2 rings (SSSR count). The molecule has 1 amide bonds. The Hall–Kier alpha value is -1.36. The Bertz CT molecular complexity index is 607. The highest BCUT2D eigenvalue weighted by Crippen LogP contribution is 2.16. The van der Waals surface area contributed by atoms with E-state index in [0.717, 1.165) is 12.1 Å². The van der Waals surface area contributed by atoms with Crippen molar-refractivity contribution < 1.29 is 4.79 Å². The number of nitrogens with one attached hydrogen (secondary N) is 1. The molecular weight excluding hydrogens is 373 g/mol. The molecule has 2 nitrogen and oxygen atoms in total. The second-order valence-electron chi connectivity index (χ2n) is 5.56. The molecule has 0 aliphatic carbocycles. The molecule has 1 atom stereocenters. The minimum atomic E-state index is 0.0800. The highest BCUT2D eigenvalue weighted by molar-refractivity contribution is 14.1. The van der Waals surface area contributed by atoms with Gasteiger partial charge in [-0.2, -0.15) is 0 Å². The maximum atomic E-state index is 12.1. The van der Waals surface area contributed by atoms with E-state index in [-0.39, 0.29) is 5.91 Å². The van der Waals surface area contributed by atoms with E-state index in [2.05, 4.69) is 66.0 Å². The second-order valence-corrected chi connectivity index (χ2v) is 6.80. The van der Waals surface area contributed by atoms with E-state index in [9.17, 15) is 4.79 Å². The van der Waals surface area contributed by atoms with Gasteiger partial charge < -0.3 is 5.32 Å². The van der Waals surface area contributed by atoms with Crippen LogP contribution in [0.15, 0.2) is 48.5 Å². The van der Waals surface area contributed by atoms with Crippen molar-refractivity contribution in [3.63, 3.8) is 0 Å². The van der Waals surface area contributed by atoms with Crippen molar-refractivity contribution in [2.24, 2.45) is 5.92 Å². The van der Waals surface area contributed by atoms with Crippen LogP contribution in [0.2, 0.25) is 0 Å². The van der Waals surface area contributed by atoms with Gasteiger partial charge in [0.05, 0.1) is 0 Å². The summed E-state index contributed by atoms with van der Waals surface area (Å²) in [6.45, 7) is 4.22. The second kappa shape index (κ2) is 7.59. The molecule has 0 aliphatic rings. The normalized spacial score (nSPS) is 12.0. The van der Waals surface area contributed by atoms with Crippen LogP contribution in [-0.4, -0.2) is 5.91 Å². The summed E-state index contributed by atoms with van der Waals surface area (Å²) < 4.78 is 1.17. The standard InChI is InChI=1S/C18H20INO/c1-13-4-3-5-15(10-13)11-14(2)12-18(21)20-17-8-6-16(19)7-9-17/h3-10,14H,11-12H2,1-2H3,(H,20,21). The average Bonchev–Trinajstić information content (AvgIpc) is 2.41. The van der Waals surface area contributed by atoms with Gasteiger partial charge in [-0.1, -0.05) is 36.8 Å². The molecular formula is C18H20INO. The number of hydrogen-bond donors (Lipinski definition) is 1. The van der Waals surface area contributed by atoms with Crippen LogP contribution in [0.3, 0.4) is 0 Å².